The number of benzene rings is 3. The van der Waals surface area contributed by atoms with Crippen LogP contribution in [0.2, 0.25) is 0 Å². The predicted molar refractivity (Wildman–Crippen MR) is 134 cm³/mol. The third kappa shape index (κ3) is 4.71. The minimum Gasteiger partial charge on any atom is -0.507 e. The second kappa shape index (κ2) is 10.1. The number of H-pyrrole nitrogens is 1. The highest BCUT2D eigenvalue weighted by Crippen LogP contribution is 2.31. The molecule has 4 aromatic rings. The van der Waals surface area contributed by atoms with Crippen molar-refractivity contribution in [3.8, 4) is 17.0 Å². The van der Waals surface area contributed by atoms with Crippen molar-refractivity contribution in [2.24, 2.45) is 0 Å². The summed E-state index contributed by atoms with van der Waals surface area (Å²) in [5, 5.41) is 13.6. The summed E-state index contributed by atoms with van der Waals surface area (Å²) in [6.07, 6.45) is 0.931. The van der Waals surface area contributed by atoms with Gasteiger partial charge < -0.3 is 24.9 Å². The average Bonchev–Trinajstić information content (AvgIpc) is 3.29. The summed E-state index contributed by atoms with van der Waals surface area (Å²) in [5.74, 6) is -2.60. The van der Waals surface area contributed by atoms with Crippen molar-refractivity contribution < 1.29 is 29.0 Å². The molecule has 3 N–H and O–H groups in total. The molecule has 0 saturated carbocycles. The molecule has 0 spiro atoms. The van der Waals surface area contributed by atoms with E-state index in [1.807, 2.05) is 42.5 Å². The molecule has 0 aliphatic carbocycles. The van der Waals surface area contributed by atoms with Gasteiger partial charge in [-0.2, -0.15) is 0 Å². The molecule has 1 aliphatic heterocycles. The number of anilines is 1. The molecule has 0 unspecified atom stereocenters. The number of phenolic OH excluding ortho intramolecular Hbond substituents is 1. The molecule has 5 rings (SSSR count). The quantitative estimate of drug-likeness (QED) is 0.207. The van der Waals surface area contributed by atoms with Crippen molar-refractivity contribution in [2.45, 2.75) is 18.9 Å². The molecule has 1 saturated heterocycles. The summed E-state index contributed by atoms with van der Waals surface area (Å²) in [6.45, 7) is 1.04. The highest BCUT2D eigenvalue weighted by Gasteiger charge is 2.26. The van der Waals surface area contributed by atoms with Crippen molar-refractivity contribution in [3.63, 3.8) is 0 Å². The first-order chi connectivity index (χ1) is 17.5. The number of aromatic nitrogens is 1. The third-order valence-corrected chi connectivity index (χ3v) is 6.12. The number of ketones is 1. The normalized spacial score (nSPS) is 13.9. The number of hydrogen-bond acceptors (Lipinski definition) is 6. The number of aromatic hydroxyl groups is 1. The van der Waals surface area contributed by atoms with Crippen LogP contribution in [0.3, 0.4) is 0 Å². The summed E-state index contributed by atoms with van der Waals surface area (Å²) in [5.41, 5.74) is 2.47. The van der Waals surface area contributed by atoms with Gasteiger partial charge in [0, 0.05) is 35.5 Å². The standard InChI is InChI=1S/C28H24N2O6/c31-23-16-18(10-11-21(23)28(34)36-19-12-14-35-15-13-19)29-27(33)26(32)24-20-8-4-5-9-22(20)30-25(24)17-6-2-1-3-7-17/h1-11,16,19,30-31H,12-15H2,(H,29,33). The van der Waals surface area contributed by atoms with E-state index in [-0.39, 0.29) is 28.7 Å². The average molecular weight is 485 g/mol. The Morgan fingerprint density at radius 1 is 0.944 bits per heavy atom. The largest absolute Gasteiger partial charge is 0.507 e. The highest BCUT2D eigenvalue weighted by atomic mass is 16.6. The molecule has 1 aliphatic rings. The summed E-state index contributed by atoms with van der Waals surface area (Å²) < 4.78 is 10.7. The lowest BCUT2D eigenvalue weighted by molar-refractivity contribution is -0.112. The van der Waals surface area contributed by atoms with Crippen LogP contribution in [0.4, 0.5) is 5.69 Å². The molecule has 182 valence electrons. The first-order valence-electron chi connectivity index (χ1n) is 11.6. The van der Waals surface area contributed by atoms with Crippen molar-refractivity contribution in [1.82, 2.24) is 4.98 Å². The van der Waals surface area contributed by atoms with Crippen LogP contribution < -0.4 is 5.32 Å². The van der Waals surface area contributed by atoms with Crippen LogP contribution in [0.1, 0.15) is 33.6 Å². The summed E-state index contributed by atoms with van der Waals surface area (Å²) >= 11 is 0. The Labute approximate surface area is 206 Å². The van der Waals surface area contributed by atoms with Crippen molar-refractivity contribution in [2.75, 3.05) is 18.5 Å². The number of aromatic amines is 1. The Kier molecular flexibility index (Phi) is 6.51. The van der Waals surface area contributed by atoms with Gasteiger partial charge in [-0.15, -0.1) is 0 Å². The fourth-order valence-corrected chi connectivity index (χ4v) is 4.29. The van der Waals surface area contributed by atoms with E-state index in [0.717, 1.165) is 11.1 Å². The smallest absolute Gasteiger partial charge is 0.342 e. The van der Waals surface area contributed by atoms with E-state index in [1.165, 1.54) is 18.2 Å². The van der Waals surface area contributed by atoms with Crippen molar-refractivity contribution in [1.29, 1.82) is 0 Å². The van der Waals surface area contributed by atoms with Gasteiger partial charge in [0.1, 0.15) is 17.4 Å². The fraction of sp³-hybridized carbons (Fsp3) is 0.179. The number of ether oxygens (including phenoxy) is 2. The van der Waals surface area contributed by atoms with E-state index in [9.17, 15) is 19.5 Å². The number of Topliss-reactive ketones (excluding diaryl/α,β-unsaturated/α-hetero) is 1. The SMILES string of the molecule is O=C(Nc1ccc(C(=O)OC2CCOCC2)c(O)c1)C(=O)c1c(-c2ccccc2)[nH]c2ccccc12. The zero-order valence-electron chi connectivity index (χ0n) is 19.3. The Morgan fingerprint density at radius 2 is 1.67 bits per heavy atom. The van der Waals surface area contributed by atoms with E-state index in [1.54, 1.807) is 12.1 Å². The molecule has 0 atom stereocenters. The maximum atomic E-state index is 13.3. The lowest BCUT2D eigenvalue weighted by Crippen LogP contribution is -2.26. The van der Waals surface area contributed by atoms with Gasteiger partial charge in [-0.25, -0.2) is 4.79 Å². The van der Waals surface area contributed by atoms with Crippen LogP contribution in [0.5, 0.6) is 5.75 Å². The molecule has 1 amide bonds. The van der Waals surface area contributed by atoms with E-state index < -0.39 is 17.7 Å². The third-order valence-electron chi connectivity index (χ3n) is 6.12. The number of nitrogens with one attached hydrogen (secondary N) is 2. The molecule has 8 nitrogen and oxygen atoms in total. The Bertz CT molecular complexity index is 1440. The first kappa shape index (κ1) is 23.3. The van der Waals surface area contributed by atoms with Gasteiger partial charge in [0.2, 0.25) is 0 Å². The minimum absolute atomic E-state index is 0.0196. The first-order valence-corrected chi connectivity index (χ1v) is 11.6. The molecular formula is C28H24N2O6. The summed E-state index contributed by atoms with van der Waals surface area (Å²) in [4.78, 5) is 42.0. The summed E-state index contributed by atoms with van der Waals surface area (Å²) in [6, 6.07) is 20.6. The van der Waals surface area contributed by atoms with Gasteiger partial charge in [0.05, 0.1) is 24.5 Å². The predicted octanol–water partition coefficient (Wildman–Crippen LogP) is 4.70. The number of hydrogen-bond donors (Lipinski definition) is 3. The van der Waals surface area contributed by atoms with Gasteiger partial charge in [-0.3, -0.25) is 9.59 Å². The number of phenols is 1. The minimum atomic E-state index is -0.867. The van der Waals surface area contributed by atoms with Crippen LogP contribution in [0.25, 0.3) is 22.2 Å². The molecule has 3 aromatic carbocycles. The second-order valence-corrected chi connectivity index (χ2v) is 8.52. The van der Waals surface area contributed by atoms with E-state index in [4.69, 9.17) is 9.47 Å². The number of amides is 1. The zero-order valence-corrected chi connectivity index (χ0v) is 19.3. The molecule has 1 aromatic heterocycles. The van der Waals surface area contributed by atoms with Gasteiger partial charge in [-0.05, 0) is 23.8 Å². The van der Waals surface area contributed by atoms with Crippen LogP contribution in [0, 0.1) is 0 Å². The monoisotopic (exact) mass is 484 g/mol. The topological polar surface area (TPSA) is 118 Å². The number of carbonyl (C=O) groups is 3. The Morgan fingerprint density at radius 3 is 2.42 bits per heavy atom. The lowest BCUT2D eigenvalue weighted by atomic mass is 10.0. The van der Waals surface area contributed by atoms with Crippen molar-refractivity contribution in [3.05, 3.63) is 83.9 Å². The van der Waals surface area contributed by atoms with E-state index in [2.05, 4.69) is 10.3 Å². The van der Waals surface area contributed by atoms with Crippen LogP contribution >= 0.6 is 0 Å². The number of esters is 1. The lowest BCUT2D eigenvalue weighted by Gasteiger charge is -2.22. The van der Waals surface area contributed by atoms with Gasteiger partial charge >= 0.3 is 5.97 Å². The van der Waals surface area contributed by atoms with E-state index in [0.29, 0.717) is 37.1 Å². The number of rotatable bonds is 6. The maximum absolute atomic E-state index is 13.3. The number of para-hydroxylation sites is 1. The maximum Gasteiger partial charge on any atom is 0.342 e. The fourth-order valence-electron chi connectivity index (χ4n) is 4.29. The van der Waals surface area contributed by atoms with Crippen molar-refractivity contribution >= 4 is 34.3 Å². The van der Waals surface area contributed by atoms with Crippen LogP contribution in [0.15, 0.2) is 72.8 Å². The van der Waals surface area contributed by atoms with Crippen LogP contribution in [-0.2, 0) is 14.3 Å². The van der Waals surface area contributed by atoms with Gasteiger partial charge in [0.25, 0.3) is 11.7 Å². The highest BCUT2D eigenvalue weighted by molar-refractivity contribution is 6.49. The molecule has 0 radical (unpaired) electrons. The molecule has 8 heteroatoms. The van der Waals surface area contributed by atoms with Gasteiger partial charge in [-0.1, -0.05) is 48.5 Å². The van der Waals surface area contributed by atoms with E-state index >= 15 is 0 Å². The van der Waals surface area contributed by atoms with Gasteiger partial charge in [0.15, 0.2) is 0 Å². The van der Waals surface area contributed by atoms with Crippen LogP contribution in [-0.4, -0.2) is 47.1 Å². The Balaban J connectivity index is 1.36. The molecule has 36 heavy (non-hydrogen) atoms. The number of fused-ring (bicyclic) bond motifs is 1. The molecular weight excluding hydrogens is 460 g/mol. The molecule has 1 fully saturated rings. The molecule has 0 bridgehead atoms. The summed E-state index contributed by atoms with van der Waals surface area (Å²) in [7, 11) is 0. The molecule has 2 heterocycles. The Hall–Kier alpha value is -4.43. The number of carbonyl (C=O) groups excluding carboxylic acids is 3. The zero-order chi connectivity index (χ0) is 25.1. The second-order valence-electron chi connectivity index (χ2n) is 8.52.